The molecular weight excluding hydrogens is 424 g/mol. The summed E-state index contributed by atoms with van der Waals surface area (Å²) in [5.41, 5.74) is 2.09. The quantitative estimate of drug-likeness (QED) is 0.617. The van der Waals surface area contributed by atoms with Crippen LogP contribution in [0.2, 0.25) is 18.1 Å². The van der Waals surface area contributed by atoms with Crippen LogP contribution in [-0.4, -0.2) is 65.7 Å². The molecule has 1 aromatic heterocycles. The number of nitrogens with zero attached hydrogens (tertiary/aromatic N) is 4. The van der Waals surface area contributed by atoms with Gasteiger partial charge in [-0.1, -0.05) is 38.1 Å². The number of likely N-dealkylation sites (tertiary alicyclic amines) is 1. The molecule has 2 atom stereocenters. The van der Waals surface area contributed by atoms with Crippen LogP contribution in [0.1, 0.15) is 44.4 Å². The molecule has 1 aromatic carbocycles. The van der Waals surface area contributed by atoms with E-state index in [2.05, 4.69) is 56.3 Å². The summed E-state index contributed by atoms with van der Waals surface area (Å²) in [7, 11) is -0.415. The molecule has 32 heavy (non-hydrogen) atoms. The molecule has 0 radical (unpaired) electrons. The molecule has 9 heteroatoms. The molecule has 0 spiro atoms. The molecule has 0 unspecified atom stereocenters. The van der Waals surface area contributed by atoms with Gasteiger partial charge in [0.2, 0.25) is 0 Å². The molecule has 8 nitrogen and oxygen atoms in total. The van der Waals surface area contributed by atoms with Crippen molar-refractivity contribution in [3.63, 3.8) is 0 Å². The lowest BCUT2D eigenvalue weighted by Gasteiger charge is -2.44. The summed E-state index contributed by atoms with van der Waals surface area (Å²) in [5, 5.41) is 18.4. The molecule has 1 aliphatic heterocycles. The number of piperidine rings is 1. The lowest BCUT2D eigenvalue weighted by Crippen LogP contribution is -2.52. The number of hydrogen-bond acceptors (Lipinski definition) is 5. The minimum Gasteiger partial charge on any atom is -0.497 e. The molecule has 3 rings (SSSR count). The number of carbonyl (C=O) groups is 1. The molecule has 1 fully saturated rings. The topological polar surface area (TPSA) is 89.7 Å². The molecule has 1 N–H and O–H groups in total. The van der Waals surface area contributed by atoms with Gasteiger partial charge < -0.3 is 19.2 Å². The average Bonchev–Trinajstić information content (AvgIpc) is 3.20. The predicted molar refractivity (Wildman–Crippen MR) is 126 cm³/mol. The number of rotatable bonds is 7. The lowest BCUT2D eigenvalue weighted by molar-refractivity contribution is 0.0557. The van der Waals surface area contributed by atoms with Crippen molar-refractivity contribution in [2.45, 2.75) is 70.3 Å². The smallest absolute Gasteiger partial charge is 0.407 e. The lowest BCUT2D eigenvalue weighted by atomic mass is 9.91. The van der Waals surface area contributed by atoms with Crippen molar-refractivity contribution in [1.82, 2.24) is 19.9 Å². The minimum absolute atomic E-state index is 0.0365. The summed E-state index contributed by atoms with van der Waals surface area (Å²) in [6, 6.07) is 8.03. The number of amides is 1. The minimum atomic E-state index is -2.08. The zero-order valence-electron chi connectivity index (χ0n) is 20.0. The summed E-state index contributed by atoms with van der Waals surface area (Å²) in [6.45, 7) is 12.6. The van der Waals surface area contributed by atoms with E-state index in [1.165, 1.54) is 10.5 Å². The summed E-state index contributed by atoms with van der Waals surface area (Å²) in [6.07, 6.45) is 2.41. The Labute approximate surface area is 191 Å². The molecule has 2 heterocycles. The normalized spacial score (nSPS) is 19.8. The first-order valence-electron chi connectivity index (χ1n) is 11.2. The molecule has 1 saturated heterocycles. The third-order valence-electron chi connectivity index (χ3n) is 6.81. The second-order valence-electron chi connectivity index (χ2n) is 10.0. The second-order valence-corrected chi connectivity index (χ2v) is 14.8. The van der Waals surface area contributed by atoms with Crippen LogP contribution in [0.5, 0.6) is 5.75 Å². The van der Waals surface area contributed by atoms with Crippen molar-refractivity contribution >= 4 is 14.4 Å². The molecule has 0 aliphatic carbocycles. The Hall–Kier alpha value is -2.39. The molecular formula is C23H36N4O4Si. The SMILES string of the molecule is COc1ccc(CCn2cc([C@H]3CCN(C(=O)O)C[C@@H]3O[Si](C)(C)C(C)(C)C)nn2)cc1. The van der Waals surface area contributed by atoms with E-state index in [4.69, 9.17) is 9.16 Å². The maximum atomic E-state index is 11.6. The number of aryl methyl sites for hydroxylation is 2. The van der Waals surface area contributed by atoms with Gasteiger partial charge in [0.15, 0.2) is 8.32 Å². The van der Waals surface area contributed by atoms with Crippen molar-refractivity contribution in [2.24, 2.45) is 0 Å². The first-order valence-corrected chi connectivity index (χ1v) is 14.1. The van der Waals surface area contributed by atoms with Crippen LogP contribution in [0.3, 0.4) is 0 Å². The van der Waals surface area contributed by atoms with Crippen molar-refractivity contribution in [1.29, 1.82) is 0 Å². The Morgan fingerprint density at radius 1 is 1.25 bits per heavy atom. The first-order chi connectivity index (χ1) is 15.0. The molecule has 1 aliphatic rings. The Morgan fingerprint density at radius 3 is 2.53 bits per heavy atom. The third kappa shape index (κ3) is 5.69. The van der Waals surface area contributed by atoms with E-state index in [-0.39, 0.29) is 17.1 Å². The highest BCUT2D eigenvalue weighted by atomic mass is 28.4. The highest BCUT2D eigenvalue weighted by Gasteiger charge is 2.43. The van der Waals surface area contributed by atoms with Crippen molar-refractivity contribution in [3.8, 4) is 5.75 Å². The maximum absolute atomic E-state index is 11.6. The monoisotopic (exact) mass is 460 g/mol. The summed E-state index contributed by atoms with van der Waals surface area (Å²) < 4.78 is 13.8. The highest BCUT2D eigenvalue weighted by Crippen LogP contribution is 2.40. The standard InChI is InChI=1S/C23H36N4O4Si/c1-23(2,3)32(5,6)31-21-16-26(22(28)29)13-12-19(21)20-15-27(25-24-20)14-11-17-7-9-18(30-4)10-8-17/h7-10,15,19,21H,11-14,16H2,1-6H3,(H,28,29)/t19-,21+/m1/s1. The van der Waals surface area contributed by atoms with Crippen LogP contribution in [0.4, 0.5) is 4.79 Å². The number of aromatic nitrogens is 3. The fraction of sp³-hybridized carbons (Fsp3) is 0.609. The van der Waals surface area contributed by atoms with Crippen molar-refractivity contribution in [2.75, 3.05) is 20.2 Å². The molecule has 2 aromatic rings. The van der Waals surface area contributed by atoms with Crippen molar-refractivity contribution in [3.05, 3.63) is 41.7 Å². The van der Waals surface area contributed by atoms with E-state index in [9.17, 15) is 9.90 Å². The van der Waals surface area contributed by atoms with E-state index in [0.29, 0.717) is 19.5 Å². The van der Waals surface area contributed by atoms with Gasteiger partial charge >= 0.3 is 6.09 Å². The van der Waals surface area contributed by atoms with Gasteiger partial charge in [0.05, 0.1) is 18.9 Å². The summed E-state index contributed by atoms with van der Waals surface area (Å²) >= 11 is 0. The third-order valence-corrected chi connectivity index (χ3v) is 11.3. The zero-order chi connectivity index (χ0) is 23.5. The van der Waals surface area contributed by atoms with Crippen LogP contribution < -0.4 is 4.74 Å². The predicted octanol–water partition coefficient (Wildman–Crippen LogP) is 4.39. The van der Waals surface area contributed by atoms with E-state index >= 15 is 0 Å². The number of carboxylic acid groups (broad SMARTS) is 1. The zero-order valence-corrected chi connectivity index (χ0v) is 21.0. The Morgan fingerprint density at radius 2 is 1.94 bits per heavy atom. The number of benzene rings is 1. The van der Waals surface area contributed by atoms with Crippen LogP contribution in [-0.2, 0) is 17.4 Å². The molecule has 176 valence electrons. The Balaban J connectivity index is 1.72. The van der Waals surface area contributed by atoms with Crippen LogP contribution in [0, 0.1) is 0 Å². The van der Waals surface area contributed by atoms with E-state index in [1.807, 2.05) is 23.0 Å². The fourth-order valence-corrected chi connectivity index (χ4v) is 5.08. The highest BCUT2D eigenvalue weighted by molar-refractivity contribution is 6.74. The van der Waals surface area contributed by atoms with Gasteiger partial charge in [0.25, 0.3) is 0 Å². The van der Waals surface area contributed by atoms with Crippen LogP contribution in [0.25, 0.3) is 0 Å². The van der Waals surface area contributed by atoms with Crippen LogP contribution >= 0.6 is 0 Å². The van der Waals surface area contributed by atoms with Crippen molar-refractivity contribution < 1.29 is 19.1 Å². The van der Waals surface area contributed by atoms with Crippen LogP contribution in [0.15, 0.2) is 30.5 Å². The van der Waals surface area contributed by atoms with E-state index < -0.39 is 14.4 Å². The average molecular weight is 461 g/mol. The largest absolute Gasteiger partial charge is 0.497 e. The van der Waals surface area contributed by atoms with Gasteiger partial charge in [-0.3, -0.25) is 4.68 Å². The Kier molecular flexibility index (Phi) is 7.29. The maximum Gasteiger partial charge on any atom is 0.407 e. The van der Waals surface area contributed by atoms with Gasteiger partial charge in [-0.15, -0.1) is 5.10 Å². The Bertz CT molecular complexity index is 907. The van der Waals surface area contributed by atoms with E-state index in [0.717, 1.165) is 24.4 Å². The summed E-state index contributed by atoms with van der Waals surface area (Å²) in [4.78, 5) is 13.1. The number of ether oxygens (including phenoxy) is 1. The summed E-state index contributed by atoms with van der Waals surface area (Å²) in [5.74, 6) is 0.881. The van der Waals surface area contributed by atoms with Gasteiger partial charge in [0, 0.05) is 31.7 Å². The molecule has 0 bridgehead atoms. The van der Waals surface area contributed by atoms with Gasteiger partial charge in [-0.25, -0.2) is 4.79 Å². The molecule has 1 amide bonds. The van der Waals surface area contributed by atoms with Gasteiger partial charge in [0.1, 0.15) is 5.75 Å². The van der Waals surface area contributed by atoms with Gasteiger partial charge in [-0.2, -0.15) is 0 Å². The second kappa shape index (κ2) is 9.62. The fourth-order valence-electron chi connectivity index (χ4n) is 3.73. The number of methoxy groups -OCH3 is 1. The van der Waals surface area contributed by atoms with E-state index in [1.54, 1.807) is 7.11 Å². The number of hydrogen-bond donors (Lipinski definition) is 1. The van der Waals surface area contributed by atoms with Gasteiger partial charge in [-0.05, 0) is 48.7 Å². The molecule has 0 saturated carbocycles. The first kappa shape index (κ1) is 24.3.